The average Bonchev–Trinajstić information content (AvgIpc) is 3.11. The zero-order chi connectivity index (χ0) is 22.5. The molecule has 0 amide bonds. The summed E-state index contributed by atoms with van der Waals surface area (Å²) in [6.07, 6.45) is 2.86. The first-order valence-electron chi connectivity index (χ1n) is 9.90. The van der Waals surface area contributed by atoms with E-state index < -0.39 is 18.2 Å². The number of hydrogen-bond donors (Lipinski definition) is 1. The van der Waals surface area contributed by atoms with Crippen molar-refractivity contribution in [2.75, 3.05) is 31.2 Å². The van der Waals surface area contributed by atoms with Gasteiger partial charge in [-0.3, -0.25) is 0 Å². The molecule has 1 aliphatic heterocycles. The van der Waals surface area contributed by atoms with Crippen LogP contribution < -0.4 is 4.90 Å². The summed E-state index contributed by atoms with van der Waals surface area (Å²) in [4.78, 5) is 17.9. The van der Waals surface area contributed by atoms with Crippen molar-refractivity contribution in [1.82, 2.24) is 9.55 Å². The molecule has 1 aromatic carbocycles. The highest BCUT2D eigenvalue weighted by molar-refractivity contribution is 6.30. The molecule has 166 valence electrons. The Bertz CT molecular complexity index is 1040. The smallest absolute Gasteiger partial charge is 0.338 e. The van der Waals surface area contributed by atoms with E-state index in [9.17, 15) is 18.7 Å². The number of benzene rings is 1. The van der Waals surface area contributed by atoms with E-state index in [1.54, 1.807) is 24.3 Å². The number of ether oxygens (including phenoxy) is 1. The number of alkyl halides is 2. The molecule has 1 N–H and O–H groups in total. The highest BCUT2D eigenvalue weighted by Gasteiger charge is 2.25. The molecule has 0 atom stereocenters. The van der Waals surface area contributed by atoms with Gasteiger partial charge in [-0.1, -0.05) is 42.8 Å². The number of carboxylic acid groups (broad SMARTS) is 1. The number of fused-ring (bicyclic) bond motifs is 1. The highest BCUT2D eigenvalue weighted by atomic mass is 35.5. The van der Waals surface area contributed by atoms with E-state index in [0.717, 1.165) is 5.57 Å². The molecule has 31 heavy (non-hydrogen) atoms. The van der Waals surface area contributed by atoms with E-state index in [1.807, 2.05) is 11.8 Å². The van der Waals surface area contributed by atoms with Crippen molar-refractivity contribution >= 4 is 34.3 Å². The maximum absolute atomic E-state index is 13.8. The summed E-state index contributed by atoms with van der Waals surface area (Å²) in [5.41, 5.74) is 1.82. The SMILES string of the molecule is C=C(Cl)/C=C\C=C(/CC)Cn1c(C(F)F)nc2c(C(=O)O)cc(N3CCOCC3)cc21. The van der Waals surface area contributed by atoms with Crippen LogP contribution in [0.25, 0.3) is 11.0 Å². The number of aromatic carboxylic acids is 1. The maximum atomic E-state index is 13.8. The number of aromatic nitrogens is 2. The Balaban J connectivity index is 2.15. The van der Waals surface area contributed by atoms with Gasteiger partial charge in [-0.15, -0.1) is 0 Å². The van der Waals surface area contributed by atoms with E-state index in [-0.39, 0.29) is 17.6 Å². The topological polar surface area (TPSA) is 67.6 Å². The molecule has 1 aliphatic rings. The Labute approximate surface area is 184 Å². The number of carbonyl (C=O) groups is 1. The van der Waals surface area contributed by atoms with E-state index in [2.05, 4.69) is 11.6 Å². The molecule has 1 saturated heterocycles. The minimum atomic E-state index is -2.85. The third kappa shape index (κ3) is 5.32. The number of rotatable bonds is 8. The van der Waals surface area contributed by atoms with Crippen LogP contribution in [0.4, 0.5) is 14.5 Å². The molecule has 6 nitrogen and oxygen atoms in total. The van der Waals surface area contributed by atoms with E-state index in [0.29, 0.717) is 49.0 Å². The average molecular weight is 452 g/mol. The molecule has 0 saturated carbocycles. The Morgan fingerprint density at radius 1 is 1.39 bits per heavy atom. The van der Waals surface area contributed by atoms with Gasteiger partial charge in [0.05, 0.1) is 24.3 Å². The summed E-state index contributed by atoms with van der Waals surface area (Å²) in [5, 5.41) is 10.1. The first-order chi connectivity index (χ1) is 14.8. The lowest BCUT2D eigenvalue weighted by atomic mass is 10.1. The quantitative estimate of drug-likeness (QED) is 0.562. The van der Waals surface area contributed by atoms with Gasteiger partial charge in [-0.2, -0.15) is 0 Å². The summed E-state index contributed by atoms with van der Waals surface area (Å²) in [5.74, 6) is -1.66. The van der Waals surface area contributed by atoms with Gasteiger partial charge < -0.3 is 19.3 Å². The van der Waals surface area contributed by atoms with Crippen LogP contribution in [0.3, 0.4) is 0 Å². The molecule has 0 bridgehead atoms. The molecular formula is C22H24ClF2N3O3. The molecule has 2 aromatic rings. The van der Waals surface area contributed by atoms with E-state index >= 15 is 0 Å². The summed E-state index contributed by atoms with van der Waals surface area (Å²) < 4.78 is 34.5. The van der Waals surface area contributed by atoms with Crippen molar-refractivity contribution in [3.8, 4) is 0 Å². The molecule has 2 heterocycles. The largest absolute Gasteiger partial charge is 0.478 e. The molecule has 3 rings (SSSR count). The fourth-order valence-corrected chi connectivity index (χ4v) is 3.57. The maximum Gasteiger partial charge on any atom is 0.338 e. The number of allylic oxidation sites excluding steroid dienone is 5. The van der Waals surface area contributed by atoms with Gasteiger partial charge in [0.15, 0.2) is 5.82 Å². The molecular weight excluding hydrogens is 428 g/mol. The van der Waals surface area contributed by atoms with Gasteiger partial charge in [0.25, 0.3) is 6.43 Å². The molecule has 0 radical (unpaired) electrons. The molecule has 0 aliphatic carbocycles. The standard InChI is InChI=1S/C22H24ClF2N3O3/c1-3-15(6-4-5-14(2)23)13-28-18-12-16(27-7-9-31-10-8-27)11-17(22(29)30)19(18)26-21(28)20(24)25/h4-6,11-12,20H,2-3,7-10,13H2,1H3,(H,29,30)/b5-4-,15-6+. The lowest BCUT2D eigenvalue weighted by molar-refractivity contribution is 0.0698. The summed E-state index contributed by atoms with van der Waals surface area (Å²) in [6, 6.07) is 3.23. The Morgan fingerprint density at radius 2 is 2.10 bits per heavy atom. The van der Waals surface area contributed by atoms with E-state index in [1.165, 1.54) is 10.6 Å². The van der Waals surface area contributed by atoms with Crippen molar-refractivity contribution in [3.63, 3.8) is 0 Å². The molecule has 1 aromatic heterocycles. The fraction of sp³-hybridized carbons (Fsp3) is 0.364. The van der Waals surface area contributed by atoms with Crippen LogP contribution in [-0.2, 0) is 11.3 Å². The predicted molar refractivity (Wildman–Crippen MR) is 117 cm³/mol. The minimum Gasteiger partial charge on any atom is -0.478 e. The van der Waals surface area contributed by atoms with Crippen LogP contribution in [0, 0.1) is 0 Å². The third-order valence-electron chi connectivity index (χ3n) is 5.09. The van der Waals surface area contributed by atoms with Gasteiger partial charge in [-0.25, -0.2) is 18.6 Å². The first-order valence-corrected chi connectivity index (χ1v) is 10.3. The fourth-order valence-electron chi connectivity index (χ4n) is 3.50. The molecule has 0 spiro atoms. The van der Waals surface area contributed by atoms with Crippen molar-refractivity contribution in [2.24, 2.45) is 0 Å². The van der Waals surface area contributed by atoms with Gasteiger partial charge in [-0.05, 0) is 24.6 Å². The Morgan fingerprint density at radius 3 is 2.68 bits per heavy atom. The van der Waals surface area contributed by atoms with Crippen LogP contribution in [0.15, 0.2) is 47.5 Å². The monoisotopic (exact) mass is 451 g/mol. The van der Waals surface area contributed by atoms with Crippen molar-refractivity contribution < 1.29 is 23.4 Å². The summed E-state index contributed by atoms with van der Waals surface area (Å²) in [7, 11) is 0. The van der Waals surface area contributed by atoms with E-state index in [4.69, 9.17) is 16.3 Å². The summed E-state index contributed by atoms with van der Waals surface area (Å²) in [6.45, 7) is 7.86. The second-order valence-electron chi connectivity index (χ2n) is 7.11. The van der Waals surface area contributed by atoms with Crippen molar-refractivity contribution in [1.29, 1.82) is 0 Å². The van der Waals surface area contributed by atoms with Gasteiger partial charge in [0.1, 0.15) is 5.52 Å². The van der Waals surface area contributed by atoms with Crippen LogP contribution in [0.1, 0.15) is 36.0 Å². The summed E-state index contributed by atoms with van der Waals surface area (Å²) >= 11 is 5.74. The number of carboxylic acids is 1. The van der Waals surface area contributed by atoms with Gasteiger partial charge in [0, 0.05) is 30.4 Å². The molecule has 9 heteroatoms. The molecule has 0 unspecified atom stereocenters. The third-order valence-corrected chi connectivity index (χ3v) is 5.22. The Kier molecular flexibility index (Phi) is 7.46. The number of halogens is 3. The minimum absolute atomic E-state index is 0.0555. The van der Waals surface area contributed by atoms with Crippen LogP contribution in [-0.4, -0.2) is 46.9 Å². The lowest BCUT2D eigenvalue weighted by Crippen LogP contribution is -2.36. The zero-order valence-electron chi connectivity index (χ0n) is 17.2. The number of anilines is 1. The van der Waals surface area contributed by atoms with Crippen molar-refractivity contribution in [3.05, 3.63) is 58.9 Å². The zero-order valence-corrected chi connectivity index (χ0v) is 17.9. The number of morpholine rings is 1. The number of nitrogens with zero attached hydrogens (tertiary/aromatic N) is 3. The number of hydrogen-bond acceptors (Lipinski definition) is 4. The van der Waals surface area contributed by atoms with Crippen molar-refractivity contribution in [2.45, 2.75) is 26.3 Å². The predicted octanol–water partition coefficient (Wildman–Crippen LogP) is 5.15. The second-order valence-corrected chi connectivity index (χ2v) is 7.59. The van der Waals surface area contributed by atoms with Crippen LogP contribution in [0.5, 0.6) is 0 Å². The first kappa shape index (κ1) is 23.0. The number of imidazole rings is 1. The lowest BCUT2D eigenvalue weighted by Gasteiger charge is -2.29. The normalized spacial score (nSPS) is 15.4. The highest BCUT2D eigenvalue weighted by Crippen LogP contribution is 2.32. The van der Waals surface area contributed by atoms with Crippen LogP contribution >= 0.6 is 11.6 Å². The van der Waals surface area contributed by atoms with Gasteiger partial charge >= 0.3 is 5.97 Å². The van der Waals surface area contributed by atoms with Gasteiger partial charge in [0.2, 0.25) is 0 Å². The van der Waals surface area contributed by atoms with Crippen LogP contribution in [0.2, 0.25) is 0 Å². The molecule has 1 fully saturated rings. The Hall–Kier alpha value is -2.71. The second kappa shape index (κ2) is 10.1.